The summed E-state index contributed by atoms with van der Waals surface area (Å²) < 4.78 is 1.94. The average molecular weight is 530 g/mol. The number of amidine groups is 1. The van der Waals surface area contributed by atoms with Gasteiger partial charge in [-0.25, -0.2) is 19.7 Å². The number of ketones is 1. The molecule has 0 spiro atoms. The minimum absolute atomic E-state index is 0.0944. The van der Waals surface area contributed by atoms with Gasteiger partial charge in [-0.2, -0.15) is 0 Å². The minimum Gasteiger partial charge on any atom is -0.465 e. The number of carboxylic acid groups (broad SMARTS) is 1. The molecule has 10 heteroatoms. The van der Waals surface area contributed by atoms with Crippen molar-refractivity contribution in [3.63, 3.8) is 0 Å². The lowest BCUT2D eigenvalue weighted by atomic mass is 9.80. The summed E-state index contributed by atoms with van der Waals surface area (Å²) in [6, 6.07) is 9.14. The molecule has 1 aromatic carbocycles. The third kappa shape index (κ3) is 5.69. The normalized spacial score (nSPS) is 20.1. The monoisotopic (exact) mass is 529 g/mol. The quantitative estimate of drug-likeness (QED) is 0.128. The van der Waals surface area contributed by atoms with E-state index in [1.165, 1.54) is 6.42 Å². The van der Waals surface area contributed by atoms with Gasteiger partial charge in [0.15, 0.2) is 28.9 Å². The smallest absolute Gasteiger partial charge is 0.410 e. The van der Waals surface area contributed by atoms with Gasteiger partial charge in [0.25, 0.3) is 0 Å². The molecule has 0 saturated heterocycles. The van der Waals surface area contributed by atoms with Crippen molar-refractivity contribution in [2.75, 3.05) is 5.32 Å². The molecule has 4 N–H and O–H groups in total. The summed E-state index contributed by atoms with van der Waals surface area (Å²) in [6.07, 6.45) is 8.25. The van der Waals surface area contributed by atoms with Crippen molar-refractivity contribution in [2.45, 2.75) is 64.5 Å². The van der Waals surface area contributed by atoms with Crippen LogP contribution in [0.5, 0.6) is 0 Å². The van der Waals surface area contributed by atoms with E-state index in [2.05, 4.69) is 33.8 Å². The first-order valence-electron chi connectivity index (χ1n) is 13.7. The molecule has 10 nitrogen and oxygen atoms in total. The Morgan fingerprint density at radius 3 is 2.46 bits per heavy atom. The van der Waals surface area contributed by atoms with Gasteiger partial charge in [0, 0.05) is 18.2 Å². The Labute approximate surface area is 227 Å². The molecular formula is C29H35N7O3. The van der Waals surface area contributed by atoms with Crippen molar-refractivity contribution in [1.29, 1.82) is 5.41 Å². The summed E-state index contributed by atoms with van der Waals surface area (Å²) in [5.41, 5.74) is 1.40. The fourth-order valence-corrected chi connectivity index (χ4v) is 5.62. The summed E-state index contributed by atoms with van der Waals surface area (Å²) in [5.74, 6) is 1.34. The van der Waals surface area contributed by atoms with Gasteiger partial charge in [-0.1, -0.05) is 42.8 Å². The largest absolute Gasteiger partial charge is 0.465 e. The number of amides is 1. The van der Waals surface area contributed by atoms with Crippen molar-refractivity contribution in [3.8, 4) is 0 Å². The van der Waals surface area contributed by atoms with Crippen molar-refractivity contribution < 1.29 is 14.7 Å². The molecule has 0 aliphatic heterocycles. The summed E-state index contributed by atoms with van der Waals surface area (Å²) in [4.78, 5) is 38.7. The highest BCUT2D eigenvalue weighted by Crippen LogP contribution is 2.35. The van der Waals surface area contributed by atoms with E-state index in [0.717, 1.165) is 38.5 Å². The molecular weight excluding hydrogens is 494 g/mol. The third-order valence-corrected chi connectivity index (χ3v) is 8.18. The molecule has 1 atom stereocenters. The zero-order valence-electron chi connectivity index (χ0n) is 22.2. The topological polar surface area (TPSA) is 146 Å². The van der Waals surface area contributed by atoms with Crippen LogP contribution in [0.1, 0.15) is 73.9 Å². The third-order valence-electron chi connectivity index (χ3n) is 8.18. The number of anilines is 1. The number of imidazole rings is 1. The van der Waals surface area contributed by atoms with Crippen LogP contribution in [0, 0.1) is 23.2 Å². The van der Waals surface area contributed by atoms with Crippen LogP contribution in [-0.4, -0.2) is 48.4 Å². The van der Waals surface area contributed by atoms with Gasteiger partial charge in [0.05, 0.1) is 0 Å². The molecule has 0 unspecified atom stereocenters. The number of carbonyl (C=O) groups is 2. The number of fused-ring (bicyclic) bond motifs is 1. The number of nitrogens with one attached hydrogen (secondary N) is 3. The van der Waals surface area contributed by atoms with Gasteiger partial charge in [-0.05, 0) is 63.2 Å². The van der Waals surface area contributed by atoms with Crippen LogP contribution in [0.3, 0.4) is 0 Å². The zero-order valence-corrected chi connectivity index (χ0v) is 22.2. The highest BCUT2D eigenvalue weighted by Gasteiger charge is 2.30. The molecule has 2 aliphatic rings. The molecule has 3 aromatic rings. The molecule has 0 radical (unpaired) electrons. The first-order chi connectivity index (χ1) is 18.8. The Hall–Kier alpha value is -4.08. The lowest BCUT2D eigenvalue weighted by molar-refractivity contribution is 0.102. The molecule has 204 valence electrons. The lowest BCUT2D eigenvalue weighted by Crippen LogP contribution is -2.33. The van der Waals surface area contributed by atoms with Gasteiger partial charge in [0.1, 0.15) is 5.52 Å². The molecule has 0 bridgehead atoms. The maximum atomic E-state index is 13.7. The van der Waals surface area contributed by atoms with Gasteiger partial charge in [-0.3, -0.25) is 15.5 Å². The molecule has 5 rings (SSSR count). The van der Waals surface area contributed by atoms with E-state index in [4.69, 9.17) is 10.5 Å². The van der Waals surface area contributed by atoms with Crippen LogP contribution >= 0.6 is 0 Å². The number of hydrogen-bond donors (Lipinski definition) is 4. The second kappa shape index (κ2) is 11.3. The first kappa shape index (κ1) is 26.5. The van der Waals surface area contributed by atoms with Crippen molar-refractivity contribution in [3.05, 3.63) is 60.2 Å². The van der Waals surface area contributed by atoms with E-state index in [1.807, 2.05) is 34.2 Å². The second-order valence-corrected chi connectivity index (χ2v) is 10.8. The highest BCUT2D eigenvalue weighted by molar-refractivity contribution is 6.09. The summed E-state index contributed by atoms with van der Waals surface area (Å²) in [5, 5.41) is 22.9. The molecule has 2 aliphatic carbocycles. The molecule has 2 fully saturated rings. The minimum atomic E-state index is -1.37. The lowest BCUT2D eigenvalue weighted by Gasteiger charge is -2.32. The number of hydrogen-bond acceptors (Lipinski definition) is 7. The number of aromatic nitrogens is 4. The SMILES string of the molecule is C=C[C@H]1CC[C@H](Cn2c(C(=O)c3ccccc3)nc3nc(C(=N)NC(=O)O)nc(N[C@H](C)C4CCC4)c32)CC1. The zero-order chi connectivity index (χ0) is 27.5. The van der Waals surface area contributed by atoms with E-state index < -0.39 is 11.9 Å². The summed E-state index contributed by atoms with van der Waals surface area (Å²) >= 11 is 0. The van der Waals surface area contributed by atoms with E-state index in [9.17, 15) is 9.59 Å². The van der Waals surface area contributed by atoms with Crippen molar-refractivity contribution in [1.82, 2.24) is 24.8 Å². The van der Waals surface area contributed by atoms with E-state index in [0.29, 0.717) is 41.2 Å². The Balaban J connectivity index is 1.62. The maximum absolute atomic E-state index is 13.7. The Bertz CT molecular complexity index is 1390. The van der Waals surface area contributed by atoms with Crippen molar-refractivity contribution in [2.24, 2.45) is 17.8 Å². The number of benzene rings is 1. The summed E-state index contributed by atoms with van der Waals surface area (Å²) in [7, 11) is 0. The molecule has 2 aromatic heterocycles. The fourth-order valence-electron chi connectivity index (χ4n) is 5.62. The van der Waals surface area contributed by atoms with E-state index >= 15 is 0 Å². The molecule has 2 heterocycles. The van der Waals surface area contributed by atoms with Crippen molar-refractivity contribution >= 4 is 34.7 Å². The molecule has 39 heavy (non-hydrogen) atoms. The average Bonchev–Trinajstić information content (AvgIpc) is 3.26. The molecule has 1 amide bonds. The van der Waals surface area contributed by atoms with Gasteiger partial charge >= 0.3 is 6.09 Å². The Kier molecular flexibility index (Phi) is 7.72. The molecule has 2 saturated carbocycles. The first-order valence-corrected chi connectivity index (χ1v) is 13.7. The van der Waals surface area contributed by atoms with Crippen LogP contribution < -0.4 is 10.6 Å². The number of carbonyl (C=O) groups excluding carboxylic acids is 1. The van der Waals surface area contributed by atoms with E-state index in [1.54, 1.807) is 12.1 Å². The van der Waals surface area contributed by atoms with Gasteiger partial charge in [-0.15, -0.1) is 6.58 Å². The van der Waals surface area contributed by atoms with Crippen LogP contribution in [0.25, 0.3) is 11.2 Å². The maximum Gasteiger partial charge on any atom is 0.410 e. The Morgan fingerprint density at radius 1 is 1.13 bits per heavy atom. The van der Waals surface area contributed by atoms with Gasteiger partial charge < -0.3 is 15.0 Å². The van der Waals surface area contributed by atoms with Crippen LogP contribution in [0.4, 0.5) is 10.6 Å². The van der Waals surface area contributed by atoms with Crippen LogP contribution in [-0.2, 0) is 6.54 Å². The second-order valence-electron chi connectivity index (χ2n) is 10.8. The number of rotatable bonds is 9. The number of allylic oxidation sites excluding steroid dienone is 1. The highest BCUT2D eigenvalue weighted by atomic mass is 16.4. The summed E-state index contributed by atoms with van der Waals surface area (Å²) in [6.45, 7) is 6.65. The number of nitrogens with zero attached hydrogens (tertiary/aromatic N) is 4. The fraction of sp³-hybridized carbons (Fsp3) is 0.448. The Morgan fingerprint density at radius 2 is 1.85 bits per heavy atom. The predicted molar refractivity (Wildman–Crippen MR) is 149 cm³/mol. The van der Waals surface area contributed by atoms with Crippen LogP contribution in [0.15, 0.2) is 43.0 Å². The van der Waals surface area contributed by atoms with Crippen LogP contribution in [0.2, 0.25) is 0 Å². The van der Waals surface area contributed by atoms with Gasteiger partial charge in [0.2, 0.25) is 5.78 Å². The van der Waals surface area contributed by atoms with E-state index in [-0.39, 0.29) is 29.1 Å². The standard InChI is InChI=1S/C29H35N7O3/c1-3-18-12-14-19(15-13-18)16-36-22-25(31-17(2)20-10-7-11-20)33-27(24(30)32-29(38)39)34-26(22)35-28(36)23(37)21-8-5-4-6-9-21/h3-6,8-9,17-20H,1,7,10-16H2,2H3,(H2,30,32)(H,38,39)(H,31,33,34)/t17-,18-,19-/m1/s1. The predicted octanol–water partition coefficient (Wildman–Crippen LogP) is 5.24.